The zero-order valence-electron chi connectivity index (χ0n) is 41.2. The number of rotatable bonds is 8. The number of aryl methyl sites for hydroxylation is 4. The number of hydrogen-bond donors (Lipinski definition) is 4. The topological polar surface area (TPSA) is 223 Å². The molecule has 14 heteroatoms. The van der Waals surface area contributed by atoms with Crippen molar-refractivity contribution < 1.29 is 0 Å². The number of nitrogens with one attached hydrogen (secondary N) is 2. The molecule has 2 aromatic heterocycles. The minimum atomic E-state index is -2.33. The summed E-state index contributed by atoms with van der Waals surface area (Å²) in [5.41, 5.74) is 27.6. The van der Waals surface area contributed by atoms with Crippen molar-refractivity contribution in [2.45, 2.75) is 56.4 Å². The molecular formula is C57H53BrN12Sn. The van der Waals surface area contributed by atoms with Gasteiger partial charge in [-0.1, -0.05) is 52.3 Å². The van der Waals surface area contributed by atoms with Crippen LogP contribution >= 0.6 is 15.9 Å². The van der Waals surface area contributed by atoms with E-state index in [1.54, 1.807) is 48.6 Å². The van der Waals surface area contributed by atoms with Gasteiger partial charge in [0.05, 0.1) is 29.3 Å². The minimum absolute atomic E-state index is 0.386. The van der Waals surface area contributed by atoms with E-state index in [9.17, 15) is 0 Å². The number of halogens is 1. The van der Waals surface area contributed by atoms with Crippen LogP contribution in [0.5, 0.6) is 0 Å². The molecule has 71 heavy (non-hydrogen) atoms. The summed E-state index contributed by atoms with van der Waals surface area (Å²) in [4.78, 5) is 25.4. The standard InChI is InChI=1S/C27H22N6.C15H10N5.C12H12BrN.3CH3.Sn/c1-16(11-12-28)20-13-17(2)24(18(3)14-20)22-5-4-6-23-25(22)32-27(33-26(23)30)31-21-9-7-19(15-29)8-10-21;16-9-10-5-7-11(8-6-10)18-15-19-13-4-2-1-3-12(13)14(17)20-15;1-8(4-5-14)11-6-9(2)12(13)10(3)7-11;;;;/h4-11,13-14H,1-3H3,(H3,30,31,32,33);1-3,5-8H,(H3,17,18,19,20);4,6-7H,1-3H3;3*1H3;/b16-11+;;8-4+;;;;. The summed E-state index contributed by atoms with van der Waals surface area (Å²) < 4.78 is 2.48. The summed E-state index contributed by atoms with van der Waals surface area (Å²) >= 11 is 1.19. The zero-order chi connectivity index (χ0) is 51.6. The molecule has 0 saturated carbocycles. The van der Waals surface area contributed by atoms with Crippen LogP contribution in [0.15, 0.2) is 126 Å². The van der Waals surface area contributed by atoms with Crippen LogP contribution in [0.1, 0.15) is 58.4 Å². The van der Waals surface area contributed by atoms with E-state index in [1.165, 1.54) is 14.7 Å². The Labute approximate surface area is 428 Å². The molecule has 8 aromatic rings. The van der Waals surface area contributed by atoms with Crippen LogP contribution in [-0.2, 0) is 0 Å². The number of nitriles is 4. The number of nitrogens with two attached hydrogens (primary N) is 2. The van der Waals surface area contributed by atoms with Gasteiger partial charge in [-0.15, -0.1) is 0 Å². The quantitative estimate of drug-likeness (QED) is 0.0824. The predicted molar refractivity (Wildman–Crippen MR) is 297 cm³/mol. The molecule has 0 atom stereocenters. The van der Waals surface area contributed by atoms with Crippen molar-refractivity contribution in [3.8, 4) is 35.4 Å². The van der Waals surface area contributed by atoms with Gasteiger partial charge >= 0.3 is 146 Å². The van der Waals surface area contributed by atoms with E-state index < -0.39 is 18.4 Å². The normalized spacial score (nSPS) is 11.2. The fraction of sp³-hybridized carbons (Fsp3) is 0.158. The molecule has 8 rings (SSSR count). The molecule has 0 radical (unpaired) electrons. The van der Waals surface area contributed by atoms with Crippen molar-refractivity contribution in [3.63, 3.8) is 0 Å². The van der Waals surface area contributed by atoms with Gasteiger partial charge in [0.1, 0.15) is 5.82 Å². The van der Waals surface area contributed by atoms with Crippen molar-refractivity contribution in [2.24, 2.45) is 0 Å². The number of anilines is 6. The molecule has 2 heterocycles. The van der Waals surface area contributed by atoms with E-state index in [0.29, 0.717) is 34.7 Å². The summed E-state index contributed by atoms with van der Waals surface area (Å²) in [7, 11) is 0. The molecule has 0 fully saturated rings. The maximum absolute atomic E-state index is 9.00. The number of aromatic nitrogens is 4. The molecular weight excluding hydrogens is 1050 g/mol. The Morgan fingerprint density at radius 3 is 1.39 bits per heavy atom. The van der Waals surface area contributed by atoms with E-state index in [1.807, 2.05) is 62.4 Å². The van der Waals surface area contributed by atoms with E-state index in [2.05, 4.69) is 128 Å². The van der Waals surface area contributed by atoms with Crippen LogP contribution in [0.4, 0.5) is 34.9 Å². The van der Waals surface area contributed by atoms with E-state index in [4.69, 9.17) is 42.5 Å². The molecule has 0 aliphatic heterocycles. The molecule has 12 nitrogen and oxygen atoms in total. The van der Waals surface area contributed by atoms with Crippen LogP contribution in [0.3, 0.4) is 0 Å². The number of para-hydroxylation sites is 2. The average Bonchev–Trinajstić information content (AvgIpc) is 3.33. The van der Waals surface area contributed by atoms with Gasteiger partial charge in [-0.3, -0.25) is 0 Å². The second-order valence-corrected chi connectivity index (χ2v) is 33.1. The molecule has 0 spiro atoms. The third-order valence-corrected chi connectivity index (χ3v) is 18.6. The molecule has 6 aromatic carbocycles. The number of benzene rings is 6. The number of fused-ring (bicyclic) bond motifs is 2. The fourth-order valence-corrected chi connectivity index (χ4v) is 12.4. The molecule has 352 valence electrons. The van der Waals surface area contributed by atoms with Crippen molar-refractivity contribution >= 4 is 106 Å². The SMILES string of the molecule is C/C(=C\C#N)c1cc(C)c(-c2cccc3c(N)nc(Nc4ccc(C#N)cc4)nc23)c(C)c1.C/C(=C\C#N)c1cc(C)c(Br)c(C)c1.[CH3][Sn]([CH3])([CH3])[c]1cccc2c(N)nc(Nc3ccc(C#N)cc3)nc12. The van der Waals surface area contributed by atoms with Crippen molar-refractivity contribution in [2.75, 3.05) is 22.1 Å². The van der Waals surface area contributed by atoms with Gasteiger partial charge in [-0.25, -0.2) is 4.98 Å². The number of nitrogen functional groups attached to an aromatic ring is 2. The first-order valence-corrected chi connectivity index (χ1v) is 33.3. The van der Waals surface area contributed by atoms with Crippen LogP contribution in [0.2, 0.25) is 14.8 Å². The summed E-state index contributed by atoms with van der Waals surface area (Å²) in [6.07, 6.45) is 3.13. The summed E-state index contributed by atoms with van der Waals surface area (Å²) in [6.45, 7) is 12.1. The van der Waals surface area contributed by atoms with Crippen LogP contribution in [-0.4, -0.2) is 38.3 Å². The van der Waals surface area contributed by atoms with Gasteiger partial charge in [0.2, 0.25) is 5.95 Å². The zero-order valence-corrected chi connectivity index (χ0v) is 45.6. The average molecular weight is 1100 g/mol. The first-order valence-electron chi connectivity index (χ1n) is 22.5. The predicted octanol–water partition coefficient (Wildman–Crippen LogP) is 13.4. The van der Waals surface area contributed by atoms with E-state index in [-0.39, 0.29) is 0 Å². The van der Waals surface area contributed by atoms with Crippen molar-refractivity contribution in [3.05, 3.63) is 170 Å². The monoisotopic (exact) mass is 1100 g/mol. The van der Waals surface area contributed by atoms with Crippen molar-refractivity contribution in [1.82, 2.24) is 19.9 Å². The number of hydrogen-bond acceptors (Lipinski definition) is 12. The molecule has 0 unspecified atom stereocenters. The maximum atomic E-state index is 9.00. The van der Waals surface area contributed by atoms with Crippen LogP contribution in [0, 0.1) is 73.0 Å². The van der Waals surface area contributed by atoms with Crippen LogP contribution < -0.4 is 25.7 Å². The van der Waals surface area contributed by atoms with E-state index in [0.717, 1.165) is 82.2 Å². The summed E-state index contributed by atoms with van der Waals surface area (Å²) in [5, 5.41) is 43.5. The third-order valence-electron chi connectivity index (χ3n) is 11.6. The first kappa shape index (κ1) is 52.3. The molecule has 0 aliphatic carbocycles. The molecule has 0 bridgehead atoms. The Morgan fingerprint density at radius 1 is 0.563 bits per heavy atom. The molecule has 0 saturated heterocycles. The second-order valence-electron chi connectivity index (χ2n) is 18.0. The van der Waals surface area contributed by atoms with Crippen molar-refractivity contribution in [1.29, 1.82) is 21.0 Å². The third kappa shape index (κ3) is 12.8. The summed E-state index contributed by atoms with van der Waals surface area (Å²) in [6, 6.07) is 43.0. The Balaban J connectivity index is 0.000000190. The van der Waals surface area contributed by atoms with Gasteiger partial charge in [0.15, 0.2) is 0 Å². The number of allylic oxidation sites excluding steroid dienone is 4. The fourth-order valence-electron chi connectivity index (χ4n) is 7.93. The van der Waals surface area contributed by atoms with Gasteiger partial charge < -0.3 is 11.1 Å². The van der Waals surface area contributed by atoms with Gasteiger partial charge in [-0.05, 0) is 122 Å². The number of nitrogens with zero attached hydrogens (tertiary/aromatic N) is 8. The molecule has 6 N–H and O–H groups in total. The first-order chi connectivity index (χ1) is 33.8. The van der Waals surface area contributed by atoms with E-state index >= 15 is 0 Å². The van der Waals surface area contributed by atoms with Crippen LogP contribution in [0.25, 0.3) is 44.1 Å². The summed E-state index contributed by atoms with van der Waals surface area (Å²) in [5.74, 6) is 1.73. The Bertz CT molecular complexity index is 3500. The molecule has 0 amide bonds. The molecule has 0 aliphatic rings. The van der Waals surface area contributed by atoms with Gasteiger partial charge in [0.25, 0.3) is 0 Å². The Kier molecular flexibility index (Phi) is 17.0. The Morgan fingerprint density at radius 2 is 0.972 bits per heavy atom. The van der Waals surface area contributed by atoms with Gasteiger partial charge in [-0.2, -0.15) is 20.8 Å². The second kappa shape index (κ2) is 23.0. The van der Waals surface area contributed by atoms with Gasteiger partial charge in [0, 0.05) is 33.3 Å². The Hall–Kier alpha value is -8.08.